The van der Waals surface area contributed by atoms with Crippen LogP contribution in [0.25, 0.3) is 0 Å². The molecule has 0 aliphatic carbocycles. The molecule has 0 aliphatic heterocycles. The average molecular weight is 297 g/mol. The fourth-order valence-electron chi connectivity index (χ4n) is 1.93. The normalized spacial score (nSPS) is 12.4. The second kappa shape index (κ2) is 5.26. The van der Waals surface area contributed by atoms with Gasteiger partial charge in [0.05, 0.1) is 22.4 Å². The molecule has 7 heteroatoms. The molecular weight excluding hydrogens is 282 g/mol. The van der Waals surface area contributed by atoms with E-state index < -0.39 is 5.97 Å². The summed E-state index contributed by atoms with van der Waals surface area (Å²) in [5, 5.41) is 14.0. The van der Waals surface area contributed by atoms with Gasteiger partial charge in [-0.1, -0.05) is 0 Å². The third-order valence-corrected chi connectivity index (χ3v) is 4.88. The number of hydrogen-bond acceptors (Lipinski definition) is 6. The monoisotopic (exact) mass is 297 g/mol. The van der Waals surface area contributed by atoms with E-state index in [1.54, 1.807) is 18.3 Å². The molecular formula is C12H15N3O2S2. The summed E-state index contributed by atoms with van der Waals surface area (Å²) in [4.78, 5) is 16.7. The van der Waals surface area contributed by atoms with Gasteiger partial charge in [0.15, 0.2) is 0 Å². The number of aryl methyl sites for hydroxylation is 3. The molecule has 5 nitrogen and oxygen atoms in total. The van der Waals surface area contributed by atoms with Gasteiger partial charge >= 0.3 is 5.97 Å². The number of thiazole rings is 1. The molecule has 0 saturated heterocycles. The van der Waals surface area contributed by atoms with Gasteiger partial charge in [0.25, 0.3) is 0 Å². The van der Waals surface area contributed by atoms with Crippen LogP contribution in [0.2, 0.25) is 0 Å². The Bertz CT molecular complexity index is 619. The van der Waals surface area contributed by atoms with Crippen molar-refractivity contribution in [2.45, 2.75) is 33.7 Å². The molecule has 102 valence electrons. The minimum absolute atomic E-state index is 0.0177. The maximum Gasteiger partial charge on any atom is 0.340 e. The summed E-state index contributed by atoms with van der Waals surface area (Å²) < 4.78 is 4.10. The Hall–Kier alpha value is -1.47. The number of rotatable bonds is 4. The minimum Gasteiger partial charge on any atom is -0.478 e. The standard InChI is InChI=1S/C12H15N3O2S2/c1-5-9(12(16)17)11(19-15-5)14-7(3)10-6(2)13-8(4)18-10/h7,14H,1-4H3,(H,16,17). The predicted molar refractivity (Wildman–Crippen MR) is 77.4 cm³/mol. The smallest absolute Gasteiger partial charge is 0.340 e. The van der Waals surface area contributed by atoms with Crippen LogP contribution in [0.4, 0.5) is 5.00 Å². The van der Waals surface area contributed by atoms with E-state index in [9.17, 15) is 9.90 Å². The molecule has 0 bridgehead atoms. The molecule has 2 N–H and O–H groups in total. The molecule has 1 unspecified atom stereocenters. The highest BCUT2D eigenvalue weighted by molar-refractivity contribution is 7.12. The highest BCUT2D eigenvalue weighted by atomic mass is 32.1. The lowest BCUT2D eigenvalue weighted by Crippen LogP contribution is -2.09. The van der Waals surface area contributed by atoms with Gasteiger partial charge in [-0.25, -0.2) is 9.78 Å². The van der Waals surface area contributed by atoms with E-state index in [4.69, 9.17) is 0 Å². The van der Waals surface area contributed by atoms with Crippen molar-refractivity contribution >= 4 is 33.8 Å². The molecule has 0 spiro atoms. The summed E-state index contributed by atoms with van der Waals surface area (Å²) in [6.07, 6.45) is 0. The lowest BCUT2D eigenvalue weighted by atomic mass is 10.2. The van der Waals surface area contributed by atoms with Gasteiger partial charge in [-0.05, 0) is 39.2 Å². The largest absolute Gasteiger partial charge is 0.478 e. The first-order valence-corrected chi connectivity index (χ1v) is 7.39. The van der Waals surface area contributed by atoms with Crippen LogP contribution >= 0.6 is 22.9 Å². The zero-order valence-corrected chi connectivity index (χ0v) is 12.8. The van der Waals surface area contributed by atoms with E-state index in [2.05, 4.69) is 14.7 Å². The molecule has 0 fully saturated rings. The van der Waals surface area contributed by atoms with E-state index in [0.717, 1.165) is 15.6 Å². The maximum absolute atomic E-state index is 11.2. The van der Waals surface area contributed by atoms with Crippen molar-refractivity contribution in [2.24, 2.45) is 0 Å². The van der Waals surface area contributed by atoms with Crippen molar-refractivity contribution in [2.75, 3.05) is 5.32 Å². The topological polar surface area (TPSA) is 75.1 Å². The Morgan fingerprint density at radius 2 is 2.00 bits per heavy atom. The highest BCUT2D eigenvalue weighted by Gasteiger charge is 2.20. The van der Waals surface area contributed by atoms with Gasteiger partial charge in [-0.15, -0.1) is 11.3 Å². The average Bonchev–Trinajstić information content (AvgIpc) is 2.82. The first-order valence-electron chi connectivity index (χ1n) is 5.80. The second-order valence-electron chi connectivity index (χ2n) is 4.33. The van der Waals surface area contributed by atoms with Crippen LogP contribution in [0, 0.1) is 20.8 Å². The Balaban J connectivity index is 2.27. The minimum atomic E-state index is -0.946. The Morgan fingerprint density at radius 1 is 1.32 bits per heavy atom. The van der Waals surface area contributed by atoms with Crippen molar-refractivity contribution in [1.82, 2.24) is 9.36 Å². The molecule has 0 saturated carbocycles. The van der Waals surface area contributed by atoms with Gasteiger partial charge in [0, 0.05) is 4.88 Å². The van der Waals surface area contributed by atoms with E-state index >= 15 is 0 Å². The number of nitrogens with one attached hydrogen (secondary N) is 1. The van der Waals surface area contributed by atoms with Crippen molar-refractivity contribution in [3.63, 3.8) is 0 Å². The van der Waals surface area contributed by atoms with Crippen LogP contribution in [-0.2, 0) is 0 Å². The molecule has 2 heterocycles. The summed E-state index contributed by atoms with van der Waals surface area (Å²) in [5.74, 6) is -0.946. The van der Waals surface area contributed by atoms with Gasteiger partial charge in [-0.3, -0.25) is 0 Å². The molecule has 0 amide bonds. The zero-order chi connectivity index (χ0) is 14.2. The van der Waals surface area contributed by atoms with Crippen molar-refractivity contribution in [3.05, 3.63) is 26.8 Å². The van der Waals surface area contributed by atoms with Crippen LogP contribution in [0.3, 0.4) is 0 Å². The fourth-order valence-corrected chi connectivity index (χ4v) is 3.74. The summed E-state index contributed by atoms with van der Waals surface area (Å²) in [6, 6.07) is 0.0177. The van der Waals surface area contributed by atoms with E-state index in [-0.39, 0.29) is 11.6 Å². The molecule has 2 rings (SSSR count). The Labute approximate surface area is 119 Å². The lowest BCUT2D eigenvalue weighted by molar-refractivity contribution is 0.0697. The summed E-state index contributed by atoms with van der Waals surface area (Å²) >= 11 is 2.81. The third-order valence-electron chi connectivity index (χ3n) is 2.76. The van der Waals surface area contributed by atoms with Crippen LogP contribution in [0.5, 0.6) is 0 Å². The number of carbonyl (C=O) groups is 1. The summed E-state index contributed by atoms with van der Waals surface area (Å²) in [7, 11) is 0. The van der Waals surface area contributed by atoms with Gasteiger partial charge < -0.3 is 10.4 Å². The highest BCUT2D eigenvalue weighted by Crippen LogP contribution is 2.31. The first-order chi connectivity index (χ1) is 8.90. The van der Waals surface area contributed by atoms with Crippen LogP contribution < -0.4 is 5.32 Å². The van der Waals surface area contributed by atoms with Gasteiger partial charge in [0.1, 0.15) is 10.6 Å². The zero-order valence-electron chi connectivity index (χ0n) is 11.1. The predicted octanol–water partition coefficient (Wildman–Crippen LogP) is 3.40. The van der Waals surface area contributed by atoms with E-state index in [1.165, 1.54) is 11.5 Å². The van der Waals surface area contributed by atoms with Gasteiger partial charge in [-0.2, -0.15) is 4.37 Å². The second-order valence-corrected chi connectivity index (χ2v) is 6.33. The first kappa shape index (κ1) is 14.0. The molecule has 2 aromatic heterocycles. The number of hydrogen-bond donors (Lipinski definition) is 2. The molecule has 2 aromatic rings. The van der Waals surface area contributed by atoms with Gasteiger partial charge in [0.2, 0.25) is 0 Å². The molecule has 19 heavy (non-hydrogen) atoms. The number of carboxylic acids is 1. The quantitative estimate of drug-likeness (QED) is 0.904. The molecule has 1 atom stereocenters. The molecule has 0 aromatic carbocycles. The summed E-state index contributed by atoms with van der Waals surface area (Å²) in [5.41, 5.74) is 1.79. The molecule has 0 radical (unpaired) electrons. The third kappa shape index (κ3) is 2.76. The lowest BCUT2D eigenvalue weighted by Gasteiger charge is -2.13. The Morgan fingerprint density at radius 3 is 2.53 bits per heavy atom. The molecule has 0 aliphatic rings. The van der Waals surface area contributed by atoms with Crippen molar-refractivity contribution < 1.29 is 9.90 Å². The van der Waals surface area contributed by atoms with Crippen LogP contribution in [0.15, 0.2) is 0 Å². The maximum atomic E-state index is 11.2. The number of nitrogens with zero attached hydrogens (tertiary/aromatic N) is 2. The van der Waals surface area contributed by atoms with Crippen molar-refractivity contribution in [3.8, 4) is 0 Å². The number of anilines is 1. The summed E-state index contributed by atoms with van der Waals surface area (Å²) in [6.45, 7) is 7.64. The van der Waals surface area contributed by atoms with Crippen molar-refractivity contribution in [1.29, 1.82) is 0 Å². The van der Waals surface area contributed by atoms with E-state index in [1.807, 2.05) is 20.8 Å². The van der Waals surface area contributed by atoms with Crippen LogP contribution in [0.1, 0.15) is 44.6 Å². The number of aromatic carboxylic acids is 1. The number of aromatic nitrogens is 2. The SMILES string of the molecule is Cc1nc(C)c(C(C)Nc2snc(C)c2C(=O)O)s1. The fraction of sp³-hybridized carbons (Fsp3) is 0.417. The van der Waals surface area contributed by atoms with Crippen LogP contribution in [-0.4, -0.2) is 20.4 Å². The number of carboxylic acid groups (broad SMARTS) is 1. The van der Waals surface area contributed by atoms with E-state index in [0.29, 0.717) is 10.7 Å². The Kier molecular flexibility index (Phi) is 3.86.